The number of hydrogen-bond donors (Lipinski definition) is 0. The molecule has 1 atom stereocenters. The molecule has 3 aromatic carbocycles. The van der Waals surface area contributed by atoms with Gasteiger partial charge in [-0.15, -0.1) is 0 Å². The molecule has 1 heterocycles. The van der Waals surface area contributed by atoms with E-state index in [1.807, 2.05) is 60.7 Å². The van der Waals surface area contributed by atoms with Gasteiger partial charge in [0.25, 0.3) is 5.91 Å². The van der Waals surface area contributed by atoms with Crippen molar-refractivity contribution in [2.45, 2.75) is 33.0 Å². The van der Waals surface area contributed by atoms with Crippen LogP contribution in [-0.2, 0) is 22.7 Å². The minimum Gasteiger partial charge on any atom is -0.482 e. The average Bonchev–Trinajstić information content (AvgIpc) is 2.83. The Kier molecular flexibility index (Phi) is 6.54. The predicted octanol–water partition coefficient (Wildman–Crippen LogP) is 4.23. The number of fused-ring (bicyclic) bond motifs is 1. The second kappa shape index (κ2) is 9.69. The Morgan fingerprint density at radius 3 is 2.06 bits per heavy atom. The van der Waals surface area contributed by atoms with E-state index in [0.29, 0.717) is 30.1 Å². The van der Waals surface area contributed by atoms with E-state index in [-0.39, 0.29) is 24.2 Å². The number of ketones is 1. The van der Waals surface area contributed by atoms with Crippen LogP contribution in [0, 0.1) is 0 Å². The predicted molar refractivity (Wildman–Crippen MR) is 126 cm³/mol. The fraction of sp³-hybridized carbons (Fsp3) is 0.222. The third-order valence-corrected chi connectivity index (χ3v) is 5.73. The van der Waals surface area contributed by atoms with Gasteiger partial charge >= 0.3 is 0 Å². The van der Waals surface area contributed by atoms with Crippen molar-refractivity contribution in [3.8, 4) is 5.75 Å². The topological polar surface area (TPSA) is 66.9 Å². The summed E-state index contributed by atoms with van der Waals surface area (Å²) in [6.45, 7) is 3.86. The molecule has 0 fully saturated rings. The number of anilines is 1. The molecule has 0 radical (unpaired) electrons. The first kappa shape index (κ1) is 22.3. The standard InChI is InChI=1S/C27H26N2O4/c1-19(29-24-15-23(20(2)30)13-14-25(24)33-18-26(29)31)27(32)28(16-21-9-5-3-6-10-21)17-22-11-7-4-8-12-22/h3-15,19H,16-18H2,1-2H3. The Morgan fingerprint density at radius 1 is 0.939 bits per heavy atom. The van der Waals surface area contributed by atoms with E-state index in [9.17, 15) is 14.4 Å². The van der Waals surface area contributed by atoms with Crippen molar-refractivity contribution in [2.75, 3.05) is 11.5 Å². The smallest absolute Gasteiger partial charge is 0.265 e. The first-order chi connectivity index (χ1) is 15.9. The van der Waals surface area contributed by atoms with Crippen molar-refractivity contribution in [3.05, 3.63) is 95.6 Å². The third kappa shape index (κ3) is 4.95. The molecule has 33 heavy (non-hydrogen) atoms. The summed E-state index contributed by atoms with van der Waals surface area (Å²) in [7, 11) is 0. The zero-order valence-electron chi connectivity index (χ0n) is 18.7. The lowest BCUT2D eigenvalue weighted by atomic mass is 10.1. The Balaban J connectivity index is 1.66. The molecular weight excluding hydrogens is 416 g/mol. The van der Waals surface area contributed by atoms with Crippen LogP contribution in [0.15, 0.2) is 78.9 Å². The first-order valence-corrected chi connectivity index (χ1v) is 10.9. The van der Waals surface area contributed by atoms with Crippen molar-refractivity contribution < 1.29 is 19.1 Å². The molecular formula is C27H26N2O4. The number of nitrogens with zero attached hydrogens (tertiary/aromatic N) is 2. The lowest BCUT2D eigenvalue weighted by Gasteiger charge is -2.36. The second-order valence-corrected chi connectivity index (χ2v) is 8.13. The van der Waals surface area contributed by atoms with E-state index in [2.05, 4.69) is 0 Å². The van der Waals surface area contributed by atoms with Crippen LogP contribution >= 0.6 is 0 Å². The molecule has 6 heteroatoms. The summed E-state index contributed by atoms with van der Waals surface area (Å²) in [4.78, 5) is 41.7. The second-order valence-electron chi connectivity index (χ2n) is 8.13. The molecule has 1 aliphatic heterocycles. The van der Waals surface area contributed by atoms with Crippen LogP contribution < -0.4 is 9.64 Å². The molecule has 0 aliphatic carbocycles. The highest BCUT2D eigenvalue weighted by molar-refractivity contribution is 6.05. The van der Waals surface area contributed by atoms with Crippen LogP contribution in [0.5, 0.6) is 5.75 Å². The molecule has 0 saturated heterocycles. The zero-order valence-corrected chi connectivity index (χ0v) is 18.7. The number of amides is 2. The van der Waals surface area contributed by atoms with E-state index in [0.717, 1.165) is 11.1 Å². The highest BCUT2D eigenvalue weighted by atomic mass is 16.5. The van der Waals surface area contributed by atoms with Gasteiger partial charge in [-0.3, -0.25) is 19.3 Å². The Hall–Kier alpha value is -3.93. The van der Waals surface area contributed by atoms with Gasteiger partial charge < -0.3 is 9.64 Å². The number of carbonyl (C=O) groups is 3. The summed E-state index contributed by atoms with van der Waals surface area (Å²) in [5.41, 5.74) is 2.91. The minimum absolute atomic E-state index is 0.121. The van der Waals surface area contributed by atoms with E-state index >= 15 is 0 Å². The molecule has 0 saturated carbocycles. The molecule has 1 aliphatic rings. The van der Waals surface area contributed by atoms with Gasteiger partial charge in [-0.05, 0) is 43.2 Å². The van der Waals surface area contributed by atoms with Gasteiger partial charge in [-0.2, -0.15) is 0 Å². The molecule has 168 valence electrons. The lowest BCUT2D eigenvalue weighted by Crippen LogP contribution is -2.52. The number of rotatable bonds is 7. The molecule has 0 N–H and O–H groups in total. The summed E-state index contributed by atoms with van der Waals surface area (Å²) in [6, 6.07) is 23.7. The summed E-state index contributed by atoms with van der Waals surface area (Å²) in [6.07, 6.45) is 0. The van der Waals surface area contributed by atoms with Crippen LogP contribution in [0.3, 0.4) is 0 Å². The molecule has 1 unspecified atom stereocenters. The largest absolute Gasteiger partial charge is 0.482 e. The molecule has 0 aromatic heterocycles. The maximum atomic E-state index is 13.7. The Morgan fingerprint density at radius 2 is 1.52 bits per heavy atom. The van der Waals surface area contributed by atoms with Crippen LogP contribution in [0.4, 0.5) is 5.69 Å². The van der Waals surface area contributed by atoms with Crippen molar-refractivity contribution in [3.63, 3.8) is 0 Å². The number of Topliss-reactive ketones (excluding diaryl/α,β-unsaturated/α-hetero) is 1. The van der Waals surface area contributed by atoms with Crippen molar-refractivity contribution >= 4 is 23.3 Å². The summed E-state index contributed by atoms with van der Waals surface area (Å²) >= 11 is 0. The third-order valence-electron chi connectivity index (χ3n) is 5.73. The quantitative estimate of drug-likeness (QED) is 0.514. The molecule has 0 bridgehead atoms. The van der Waals surface area contributed by atoms with Gasteiger partial charge in [0, 0.05) is 18.7 Å². The summed E-state index contributed by atoms with van der Waals surface area (Å²) in [5.74, 6) is -0.137. The molecule has 2 amide bonds. The number of ether oxygens (including phenoxy) is 1. The van der Waals surface area contributed by atoms with Crippen LogP contribution in [-0.4, -0.2) is 35.1 Å². The zero-order chi connectivity index (χ0) is 23.4. The monoisotopic (exact) mass is 442 g/mol. The average molecular weight is 443 g/mol. The van der Waals surface area contributed by atoms with E-state index in [1.165, 1.54) is 11.8 Å². The number of hydrogen-bond acceptors (Lipinski definition) is 4. The van der Waals surface area contributed by atoms with Crippen molar-refractivity contribution in [1.82, 2.24) is 4.90 Å². The highest BCUT2D eigenvalue weighted by Crippen LogP contribution is 2.35. The summed E-state index contributed by atoms with van der Waals surface area (Å²) < 4.78 is 5.55. The van der Waals surface area contributed by atoms with Crippen LogP contribution in [0.25, 0.3) is 0 Å². The van der Waals surface area contributed by atoms with E-state index < -0.39 is 6.04 Å². The summed E-state index contributed by atoms with van der Waals surface area (Å²) in [5, 5.41) is 0. The van der Waals surface area contributed by atoms with Gasteiger partial charge in [0.2, 0.25) is 5.91 Å². The van der Waals surface area contributed by atoms with Crippen molar-refractivity contribution in [1.29, 1.82) is 0 Å². The minimum atomic E-state index is -0.769. The molecule has 3 aromatic rings. The maximum absolute atomic E-state index is 13.7. The van der Waals surface area contributed by atoms with Crippen LogP contribution in [0.2, 0.25) is 0 Å². The highest BCUT2D eigenvalue weighted by Gasteiger charge is 2.35. The van der Waals surface area contributed by atoms with Gasteiger partial charge in [0.15, 0.2) is 12.4 Å². The van der Waals surface area contributed by atoms with Gasteiger partial charge in [-0.1, -0.05) is 60.7 Å². The fourth-order valence-electron chi connectivity index (χ4n) is 4.01. The van der Waals surface area contributed by atoms with Gasteiger partial charge in [0.1, 0.15) is 11.8 Å². The number of carbonyl (C=O) groups excluding carboxylic acids is 3. The molecule has 4 rings (SSSR count). The molecule has 6 nitrogen and oxygen atoms in total. The normalized spacial score (nSPS) is 13.6. The first-order valence-electron chi connectivity index (χ1n) is 10.9. The number of benzene rings is 3. The fourth-order valence-corrected chi connectivity index (χ4v) is 4.01. The maximum Gasteiger partial charge on any atom is 0.265 e. The van der Waals surface area contributed by atoms with E-state index in [4.69, 9.17) is 4.74 Å². The lowest BCUT2D eigenvalue weighted by molar-refractivity contribution is -0.135. The Labute approximate surface area is 193 Å². The van der Waals surface area contributed by atoms with Gasteiger partial charge in [-0.25, -0.2) is 0 Å². The SMILES string of the molecule is CC(=O)c1ccc2c(c1)N(C(C)C(=O)N(Cc1ccccc1)Cc1ccccc1)C(=O)CO2. The van der Waals surface area contributed by atoms with Crippen molar-refractivity contribution in [2.24, 2.45) is 0 Å². The van der Waals surface area contributed by atoms with Crippen LogP contribution in [0.1, 0.15) is 35.3 Å². The van der Waals surface area contributed by atoms with Gasteiger partial charge in [0.05, 0.1) is 5.69 Å². The Bertz CT molecular complexity index is 1120. The molecule has 0 spiro atoms. The van der Waals surface area contributed by atoms with E-state index in [1.54, 1.807) is 30.0 Å².